The molecule has 0 aromatic heterocycles. The molecule has 0 radical (unpaired) electrons. The molecule has 1 aromatic rings. The predicted octanol–water partition coefficient (Wildman–Crippen LogP) is 1.97. The quantitative estimate of drug-likeness (QED) is 0.816. The Bertz CT molecular complexity index is 428. The minimum absolute atomic E-state index is 0.138. The minimum Gasteiger partial charge on any atom is -0.491 e. The summed E-state index contributed by atoms with van der Waals surface area (Å²) in [7, 11) is 1.90. The van der Waals surface area contributed by atoms with Crippen molar-refractivity contribution in [3.63, 3.8) is 0 Å². The van der Waals surface area contributed by atoms with Gasteiger partial charge in [0.1, 0.15) is 18.5 Å². The number of likely N-dealkylation sites (N-methyl/N-ethyl adjacent to an activating group) is 1. The summed E-state index contributed by atoms with van der Waals surface area (Å²) >= 11 is 0. The van der Waals surface area contributed by atoms with Crippen molar-refractivity contribution >= 4 is 0 Å². The number of hydrogen-bond donors (Lipinski definition) is 1. The molecule has 0 spiro atoms. The van der Waals surface area contributed by atoms with E-state index in [0.717, 1.165) is 11.3 Å². The number of ether oxygens (including phenoxy) is 1. The summed E-state index contributed by atoms with van der Waals surface area (Å²) in [5, 5.41) is 18.6. The molecule has 0 saturated carbocycles. The minimum atomic E-state index is -0.563. The molecule has 0 aliphatic rings. The van der Waals surface area contributed by atoms with Crippen molar-refractivity contribution in [2.24, 2.45) is 0 Å². The Morgan fingerprint density at radius 2 is 2.21 bits per heavy atom. The number of nitrogens with zero attached hydrogens (tertiary/aromatic N) is 2. The second-order valence-corrected chi connectivity index (χ2v) is 4.93. The molecular formula is C15H22N2O2. The van der Waals surface area contributed by atoms with Gasteiger partial charge in [-0.2, -0.15) is 5.26 Å². The van der Waals surface area contributed by atoms with Crippen LogP contribution in [-0.2, 0) is 0 Å². The topological polar surface area (TPSA) is 56.5 Å². The number of hydrogen-bond acceptors (Lipinski definition) is 4. The van der Waals surface area contributed by atoms with E-state index in [1.165, 1.54) is 0 Å². The fraction of sp³-hybridized carbons (Fsp3) is 0.533. The van der Waals surface area contributed by atoms with Crippen LogP contribution in [0, 0.1) is 18.3 Å². The van der Waals surface area contributed by atoms with Crippen molar-refractivity contribution in [1.29, 1.82) is 5.26 Å². The fourth-order valence-electron chi connectivity index (χ4n) is 1.75. The molecule has 0 saturated heterocycles. The number of aliphatic hydroxyl groups is 1. The first kappa shape index (κ1) is 15.5. The lowest BCUT2D eigenvalue weighted by atomic mass is 10.2. The van der Waals surface area contributed by atoms with Crippen molar-refractivity contribution in [2.75, 3.05) is 20.2 Å². The molecule has 0 amide bonds. The van der Waals surface area contributed by atoms with Gasteiger partial charge in [0.25, 0.3) is 0 Å². The van der Waals surface area contributed by atoms with Crippen molar-refractivity contribution in [1.82, 2.24) is 4.90 Å². The van der Waals surface area contributed by atoms with Gasteiger partial charge in [0, 0.05) is 12.6 Å². The molecule has 0 fully saturated rings. The Hall–Kier alpha value is -1.57. The monoisotopic (exact) mass is 262 g/mol. The van der Waals surface area contributed by atoms with Gasteiger partial charge in [-0.15, -0.1) is 0 Å². The van der Waals surface area contributed by atoms with Crippen LogP contribution in [0.4, 0.5) is 0 Å². The first-order chi connectivity index (χ1) is 9.02. The molecule has 2 atom stereocenters. The van der Waals surface area contributed by atoms with E-state index in [0.29, 0.717) is 13.0 Å². The maximum absolute atomic E-state index is 9.92. The van der Waals surface area contributed by atoms with Crippen LogP contribution in [0.15, 0.2) is 24.3 Å². The molecule has 2 unspecified atom stereocenters. The maximum atomic E-state index is 9.92. The molecule has 19 heavy (non-hydrogen) atoms. The Labute approximate surface area is 115 Å². The number of rotatable bonds is 7. The summed E-state index contributed by atoms with van der Waals surface area (Å²) in [4.78, 5) is 1.97. The maximum Gasteiger partial charge on any atom is 0.119 e. The van der Waals surface area contributed by atoms with Crippen LogP contribution in [0.5, 0.6) is 5.75 Å². The average Bonchev–Trinajstić information content (AvgIpc) is 2.36. The van der Waals surface area contributed by atoms with Crippen LogP contribution in [-0.4, -0.2) is 42.4 Å². The molecule has 0 aliphatic heterocycles. The zero-order chi connectivity index (χ0) is 14.3. The van der Waals surface area contributed by atoms with Crippen molar-refractivity contribution in [3.05, 3.63) is 29.8 Å². The van der Waals surface area contributed by atoms with Crippen LogP contribution in [0.3, 0.4) is 0 Å². The predicted molar refractivity (Wildman–Crippen MR) is 75.0 cm³/mol. The summed E-state index contributed by atoms with van der Waals surface area (Å²) in [5.74, 6) is 0.770. The van der Waals surface area contributed by atoms with Gasteiger partial charge >= 0.3 is 0 Å². The highest BCUT2D eigenvalue weighted by Crippen LogP contribution is 2.12. The fourth-order valence-corrected chi connectivity index (χ4v) is 1.75. The van der Waals surface area contributed by atoms with Crippen molar-refractivity contribution in [3.8, 4) is 11.8 Å². The standard InChI is InChI=1S/C15H22N2O2/c1-12-5-4-6-15(9-12)19-11-14(18)10-17(3)13(2)7-8-16/h4-6,9,13-14,18H,7,10-11H2,1-3H3. The van der Waals surface area contributed by atoms with Crippen LogP contribution in [0.1, 0.15) is 18.9 Å². The number of aliphatic hydroxyl groups excluding tert-OH is 1. The van der Waals surface area contributed by atoms with Gasteiger partial charge in [0.05, 0.1) is 12.5 Å². The van der Waals surface area contributed by atoms with Crippen LogP contribution in [0.25, 0.3) is 0 Å². The van der Waals surface area contributed by atoms with Gasteiger partial charge < -0.3 is 9.84 Å². The lowest BCUT2D eigenvalue weighted by Gasteiger charge is -2.25. The summed E-state index contributed by atoms with van der Waals surface area (Å²) < 4.78 is 5.55. The lowest BCUT2D eigenvalue weighted by molar-refractivity contribution is 0.0660. The lowest BCUT2D eigenvalue weighted by Crippen LogP contribution is -2.38. The first-order valence-electron chi connectivity index (χ1n) is 6.47. The highest BCUT2D eigenvalue weighted by molar-refractivity contribution is 5.27. The average molecular weight is 262 g/mol. The highest BCUT2D eigenvalue weighted by Gasteiger charge is 2.14. The molecule has 4 nitrogen and oxygen atoms in total. The Morgan fingerprint density at radius 1 is 1.47 bits per heavy atom. The van der Waals surface area contributed by atoms with E-state index < -0.39 is 6.10 Å². The summed E-state index contributed by atoms with van der Waals surface area (Å²) in [5.41, 5.74) is 1.13. The molecule has 1 N–H and O–H groups in total. The van der Waals surface area contributed by atoms with Crippen LogP contribution in [0.2, 0.25) is 0 Å². The molecule has 0 bridgehead atoms. The Balaban J connectivity index is 2.35. The Kier molecular flexibility index (Phi) is 6.34. The van der Waals surface area contributed by atoms with Gasteiger partial charge in [-0.1, -0.05) is 12.1 Å². The third kappa shape index (κ3) is 5.73. The van der Waals surface area contributed by atoms with E-state index in [2.05, 4.69) is 6.07 Å². The molecule has 4 heteroatoms. The van der Waals surface area contributed by atoms with Gasteiger partial charge in [-0.3, -0.25) is 4.90 Å². The van der Waals surface area contributed by atoms with E-state index in [4.69, 9.17) is 10.00 Å². The zero-order valence-corrected chi connectivity index (χ0v) is 11.8. The number of aryl methyl sites for hydroxylation is 1. The van der Waals surface area contributed by atoms with E-state index >= 15 is 0 Å². The van der Waals surface area contributed by atoms with E-state index in [1.807, 2.05) is 50.1 Å². The molecule has 0 aliphatic carbocycles. The van der Waals surface area contributed by atoms with E-state index in [1.54, 1.807) is 0 Å². The van der Waals surface area contributed by atoms with E-state index in [-0.39, 0.29) is 12.6 Å². The summed E-state index contributed by atoms with van der Waals surface area (Å²) in [6.07, 6.45) is -0.103. The van der Waals surface area contributed by atoms with E-state index in [9.17, 15) is 5.11 Å². The third-order valence-electron chi connectivity index (χ3n) is 3.07. The largest absolute Gasteiger partial charge is 0.491 e. The molecule has 1 rings (SSSR count). The number of benzene rings is 1. The molecular weight excluding hydrogens is 240 g/mol. The SMILES string of the molecule is Cc1cccc(OCC(O)CN(C)C(C)CC#N)c1. The zero-order valence-electron chi connectivity index (χ0n) is 11.8. The third-order valence-corrected chi connectivity index (χ3v) is 3.07. The second-order valence-electron chi connectivity index (χ2n) is 4.93. The van der Waals surface area contributed by atoms with Crippen molar-refractivity contribution < 1.29 is 9.84 Å². The second kappa shape index (κ2) is 7.78. The van der Waals surface area contributed by atoms with Crippen LogP contribution >= 0.6 is 0 Å². The highest BCUT2D eigenvalue weighted by atomic mass is 16.5. The van der Waals surface area contributed by atoms with Crippen LogP contribution < -0.4 is 4.74 Å². The molecule has 104 valence electrons. The normalized spacial score (nSPS) is 13.9. The number of nitriles is 1. The first-order valence-corrected chi connectivity index (χ1v) is 6.47. The smallest absolute Gasteiger partial charge is 0.119 e. The van der Waals surface area contributed by atoms with Gasteiger partial charge in [-0.05, 0) is 38.6 Å². The molecule has 1 aromatic carbocycles. The van der Waals surface area contributed by atoms with Gasteiger partial charge in [0.15, 0.2) is 0 Å². The Morgan fingerprint density at radius 3 is 2.84 bits per heavy atom. The van der Waals surface area contributed by atoms with Gasteiger partial charge in [0.2, 0.25) is 0 Å². The summed E-state index contributed by atoms with van der Waals surface area (Å²) in [6, 6.07) is 10.0. The summed E-state index contributed by atoms with van der Waals surface area (Å²) in [6.45, 7) is 4.72. The van der Waals surface area contributed by atoms with Gasteiger partial charge in [-0.25, -0.2) is 0 Å². The van der Waals surface area contributed by atoms with Crippen molar-refractivity contribution in [2.45, 2.75) is 32.4 Å². The molecule has 0 heterocycles.